The van der Waals surface area contributed by atoms with Gasteiger partial charge in [0.2, 0.25) is 0 Å². The van der Waals surface area contributed by atoms with Crippen molar-refractivity contribution in [3.8, 4) is 0 Å². The number of anilines is 1. The fourth-order valence-corrected chi connectivity index (χ4v) is 3.20. The zero-order chi connectivity index (χ0) is 16.7. The molecule has 0 atom stereocenters. The number of nitrogens with one attached hydrogen (secondary N) is 2. The molecule has 4 heterocycles. The SMILES string of the molecule is CC1(C)Cc2[nH]ncc2CN(C(=O)Nc2ccnc3ccnn23)C1. The van der Waals surface area contributed by atoms with Gasteiger partial charge in [0.1, 0.15) is 5.82 Å². The van der Waals surface area contributed by atoms with Gasteiger partial charge in [-0.15, -0.1) is 0 Å². The van der Waals surface area contributed by atoms with Crippen LogP contribution in [-0.2, 0) is 13.0 Å². The highest BCUT2D eigenvalue weighted by molar-refractivity contribution is 5.88. The molecule has 1 aliphatic rings. The summed E-state index contributed by atoms with van der Waals surface area (Å²) in [7, 11) is 0. The Bertz CT molecular complexity index is 895. The summed E-state index contributed by atoms with van der Waals surface area (Å²) >= 11 is 0. The van der Waals surface area contributed by atoms with Crippen molar-refractivity contribution >= 4 is 17.5 Å². The van der Waals surface area contributed by atoms with Crippen molar-refractivity contribution in [2.75, 3.05) is 11.9 Å². The van der Waals surface area contributed by atoms with Crippen molar-refractivity contribution in [2.24, 2.45) is 5.41 Å². The fraction of sp³-hybridized carbons (Fsp3) is 0.375. The lowest BCUT2D eigenvalue weighted by atomic mass is 9.88. The average Bonchev–Trinajstić information content (AvgIpc) is 3.14. The van der Waals surface area contributed by atoms with E-state index in [9.17, 15) is 4.79 Å². The summed E-state index contributed by atoms with van der Waals surface area (Å²) in [6.07, 6.45) is 5.98. The molecule has 0 aromatic carbocycles. The van der Waals surface area contributed by atoms with Crippen LogP contribution in [0.1, 0.15) is 25.1 Å². The normalized spacial score (nSPS) is 16.7. The van der Waals surface area contributed by atoms with E-state index in [0.29, 0.717) is 24.6 Å². The van der Waals surface area contributed by atoms with Crippen LogP contribution in [0.5, 0.6) is 0 Å². The Kier molecular flexibility index (Phi) is 3.26. The molecular weight excluding hydrogens is 306 g/mol. The number of amides is 2. The largest absolute Gasteiger partial charge is 0.323 e. The highest BCUT2D eigenvalue weighted by Crippen LogP contribution is 2.29. The van der Waals surface area contributed by atoms with Gasteiger partial charge in [0.25, 0.3) is 0 Å². The van der Waals surface area contributed by atoms with Crippen molar-refractivity contribution < 1.29 is 4.79 Å². The molecule has 0 aliphatic carbocycles. The molecule has 8 nitrogen and oxygen atoms in total. The van der Waals surface area contributed by atoms with Gasteiger partial charge in [0.05, 0.1) is 18.9 Å². The number of hydrogen-bond donors (Lipinski definition) is 2. The molecule has 124 valence electrons. The minimum absolute atomic E-state index is 0.0333. The Hall–Kier alpha value is -2.90. The molecule has 2 amide bonds. The summed E-state index contributed by atoms with van der Waals surface area (Å²) in [5.41, 5.74) is 2.83. The maximum absolute atomic E-state index is 12.8. The molecule has 0 bridgehead atoms. The van der Waals surface area contributed by atoms with Crippen LogP contribution in [0.3, 0.4) is 0 Å². The second-order valence-electron chi connectivity index (χ2n) is 6.93. The van der Waals surface area contributed by atoms with E-state index in [0.717, 1.165) is 17.7 Å². The quantitative estimate of drug-likeness (QED) is 0.716. The van der Waals surface area contributed by atoms with E-state index < -0.39 is 0 Å². The van der Waals surface area contributed by atoms with Gasteiger partial charge in [-0.3, -0.25) is 10.4 Å². The van der Waals surface area contributed by atoms with Gasteiger partial charge in [0, 0.05) is 30.1 Å². The predicted molar refractivity (Wildman–Crippen MR) is 88.5 cm³/mol. The summed E-state index contributed by atoms with van der Waals surface area (Å²) in [5.74, 6) is 0.601. The van der Waals surface area contributed by atoms with E-state index in [1.54, 1.807) is 35.2 Å². The van der Waals surface area contributed by atoms with Crippen molar-refractivity contribution in [2.45, 2.75) is 26.8 Å². The summed E-state index contributed by atoms with van der Waals surface area (Å²) in [6.45, 7) is 5.51. The van der Waals surface area contributed by atoms with E-state index in [1.807, 2.05) is 4.90 Å². The topological polar surface area (TPSA) is 91.2 Å². The number of nitrogens with zero attached hydrogens (tertiary/aromatic N) is 5. The van der Waals surface area contributed by atoms with Crippen LogP contribution in [0.4, 0.5) is 10.6 Å². The van der Waals surface area contributed by atoms with Crippen molar-refractivity contribution in [1.82, 2.24) is 29.7 Å². The molecule has 24 heavy (non-hydrogen) atoms. The lowest BCUT2D eigenvalue weighted by Crippen LogP contribution is -2.40. The standard InChI is InChI=1S/C16H19N7O/c1-16(2)7-12-11(8-18-21-12)9-22(10-16)15(24)20-14-3-5-17-13-4-6-19-23(13)14/h3-6,8H,7,9-10H2,1-2H3,(H,18,21)(H,20,24). The zero-order valence-electron chi connectivity index (χ0n) is 13.7. The van der Waals surface area contributed by atoms with E-state index >= 15 is 0 Å². The summed E-state index contributed by atoms with van der Waals surface area (Å²) in [5, 5.41) is 14.3. The van der Waals surface area contributed by atoms with Crippen molar-refractivity contribution in [3.63, 3.8) is 0 Å². The number of urea groups is 1. The number of H-pyrrole nitrogens is 1. The van der Waals surface area contributed by atoms with Crippen LogP contribution >= 0.6 is 0 Å². The third-order valence-corrected chi connectivity index (χ3v) is 4.26. The zero-order valence-corrected chi connectivity index (χ0v) is 13.7. The van der Waals surface area contributed by atoms with Crippen LogP contribution in [0.15, 0.2) is 30.7 Å². The molecule has 1 aliphatic heterocycles. The number of carbonyl (C=O) groups excluding carboxylic acids is 1. The number of hydrogen-bond acceptors (Lipinski definition) is 4. The first-order valence-corrected chi connectivity index (χ1v) is 7.88. The lowest BCUT2D eigenvalue weighted by molar-refractivity contribution is 0.180. The van der Waals surface area contributed by atoms with Crippen LogP contribution in [0, 0.1) is 5.41 Å². The van der Waals surface area contributed by atoms with Crippen LogP contribution in [0.2, 0.25) is 0 Å². The van der Waals surface area contributed by atoms with Gasteiger partial charge in [-0.05, 0) is 17.9 Å². The number of fused-ring (bicyclic) bond motifs is 2. The first-order valence-electron chi connectivity index (χ1n) is 7.88. The number of aromatic nitrogens is 5. The number of rotatable bonds is 1. The molecule has 0 fully saturated rings. The molecule has 0 spiro atoms. The van der Waals surface area contributed by atoms with Gasteiger partial charge in [-0.25, -0.2) is 9.78 Å². The second kappa shape index (κ2) is 5.33. The first kappa shape index (κ1) is 14.7. The van der Waals surface area contributed by atoms with Gasteiger partial charge in [-0.1, -0.05) is 13.8 Å². The van der Waals surface area contributed by atoms with Gasteiger partial charge >= 0.3 is 6.03 Å². The Morgan fingerprint density at radius 3 is 3.08 bits per heavy atom. The second-order valence-corrected chi connectivity index (χ2v) is 6.93. The van der Waals surface area contributed by atoms with E-state index in [2.05, 4.69) is 39.4 Å². The third-order valence-electron chi connectivity index (χ3n) is 4.26. The summed E-state index contributed by atoms with van der Waals surface area (Å²) in [4.78, 5) is 18.9. The molecule has 0 unspecified atom stereocenters. The predicted octanol–water partition coefficient (Wildman–Crippen LogP) is 2.07. The number of carbonyl (C=O) groups is 1. The number of aromatic amines is 1. The smallest absolute Gasteiger partial charge is 0.319 e. The maximum Gasteiger partial charge on any atom is 0.323 e. The average molecular weight is 325 g/mol. The Labute approximate surface area is 138 Å². The first-order chi connectivity index (χ1) is 11.5. The van der Waals surface area contributed by atoms with Crippen molar-refractivity contribution in [1.29, 1.82) is 0 Å². The molecule has 3 aromatic rings. The summed E-state index contributed by atoms with van der Waals surface area (Å²) < 4.78 is 1.62. The Morgan fingerprint density at radius 2 is 2.21 bits per heavy atom. The minimum Gasteiger partial charge on any atom is -0.319 e. The molecule has 8 heteroatoms. The van der Waals surface area contributed by atoms with Gasteiger partial charge in [0.15, 0.2) is 5.65 Å². The Balaban J connectivity index is 1.61. The highest BCUT2D eigenvalue weighted by Gasteiger charge is 2.31. The summed E-state index contributed by atoms with van der Waals surface area (Å²) in [6, 6.07) is 3.38. The van der Waals surface area contributed by atoms with Crippen molar-refractivity contribution in [3.05, 3.63) is 42.0 Å². The van der Waals surface area contributed by atoms with E-state index in [1.165, 1.54) is 0 Å². The lowest BCUT2D eigenvalue weighted by Gasteiger charge is -2.29. The Morgan fingerprint density at radius 1 is 1.33 bits per heavy atom. The molecule has 0 radical (unpaired) electrons. The molecule has 4 rings (SSSR count). The molecule has 0 saturated heterocycles. The molecule has 0 saturated carbocycles. The van der Waals surface area contributed by atoms with Crippen LogP contribution in [-0.4, -0.2) is 42.3 Å². The molecular formula is C16H19N7O. The fourth-order valence-electron chi connectivity index (χ4n) is 3.20. The third kappa shape index (κ3) is 2.60. The van der Waals surface area contributed by atoms with E-state index in [-0.39, 0.29) is 11.4 Å². The van der Waals surface area contributed by atoms with E-state index in [4.69, 9.17) is 0 Å². The molecule has 3 aromatic heterocycles. The molecule has 2 N–H and O–H groups in total. The van der Waals surface area contributed by atoms with Gasteiger partial charge < -0.3 is 4.90 Å². The minimum atomic E-state index is -0.153. The van der Waals surface area contributed by atoms with Crippen LogP contribution < -0.4 is 5.32 Å². The highest BCUT2D eigenvalue weighted by atomic mass is 16.2. The van der Waals surface area contributed by atoms with Gasteiger partial charge in [-0.2, -0.15) is 14.7 Å². The maximum atomic E-state index is 12.8. The monoisotopic (exact) mass is 325 g/mol. The van der Waals surface area contributed by atoms with Crippen LogP contribution in [0.25, 0.3) is 5.65 Å².